The molecule has 126 valence electrons. The molecule has 2 heterocycles. The lowest BCUT2D eigenvalue weighted by molar-refractivity contribution is 0.0926. The second-order valence-electron chi connectivity index (χ2n) is 5.60. The van der Waals surface area contributed by atoms with Crippen molar-refractivity contribution in [1.29, 1.82) is 0 Å². The van der Waals surface area contributed by atoms with Gasteiger partial charge < -0.3 is 19.3 Å². The molecule has 3 aromatic rings. The molecule has 1 unspecified atom stereocenters. The van der Waals surface area contributed by atoms with Crippen LogP contribution in [0.25, 0.3) is 11.5 Å². The third-order valence-corrected chi connectivity index (χ3v) is 3.90. The predicted molar refractivity (Wildman–Crippen MR) is 88.2 cm³/mol. The summed E-state index contributed by atoms with van der Waals surface area (Å²) in [5, 5.41) is 6.61. The Kier molecular flexibility index (Phi) is 3.81. The fourth-order valence-electron chi connectivity index (χ4n) is 2.55. The Balaban J connectivity index is 1.50. The van der Waals surface area contributed by atoms with Gasteiger partial charge in [-0.15, -0.1) is 0 Å². The van der Waals surface area contributed by atoms with Gasteiger partial charge in [-0.05, 0) is 30.7 Å². The van der Waals surface area contributed by atoms with Crippen LogP contribution in [-0.2, 0) is 0 Å². The van der Waals surface area contributed by atoms with E-state index in [1.807, 2.05) is 37.3 Å². The Bertz CT molecular complexity index is 908. The van der Waals surface area contributed by atoms with Crippen molar-refractivity contribution in [2.24, 2.45) is 0 Å². The molecule has 7 nitrogen and oxygen atoms in total. The van der Waals surface area contributed by atoms with Crippen LogP contribution in [0, 0.1) is 0 Å². The van der Waals surface area contributed by atoms with Gasteiger partial charge in [-0.2, -0.15) is 4.98 Å². The lowest BCUT2D eigenvalue weighted by atomic mass is 10.1. The first kappa shape index (κ1) is 15.2. The summed E-state index contributed by atoms with van der Waals surface area (Å²) in [7, 11) is 0. The first-order valence-electron chi connectivity index (χ1n) is 7.80. The quantitative estimate of drug-likeness (QED) is 0.788. The van der Waals surface area contributed by atoms with Crippen LogP contribution in [0.1, 0.15) is 29.1 Å². The molecule has 0 saturated heterocycles. The van der Waals surface area contributed by atoms with Gasteiger partial charge in [0.15, 0.2) is 11.5 Å². The maximum atomic E-state index is 12.3. The van der Waals surface area contributed by atoms with Gasteiger partial charge in [-0.3, -0.25) is 4.79 Å². The zero-order chi connectivity index (χ0) is 17.2. The Morgan fingerprint density at radius 2 is 1.92 bits per heavy atom. The lowest BCUT2D eigenvalue weighted by Gasteiger charge is -2.12. The van der Waals surface area contributed by atoms with Crippen molar-refractivity contribution < 1.29 is 18.8 Å². The number of carbonyl (C=O) groups is 1. The number of aromatic nitrogens is 2. The van der Waals surface area contributed by atoms with Crippen molar-refractivity contribution in [1.82, 2.24) is 15.5 Å². The smallest absolute Gasteiger partial charge is 0.293 e. The van der Waals surface area contributed by atoms with E-state index < -0.39 is 5.91 Å². The molecule has 1 aromatic heterocycles. The maximum Gasteiger partial charge on any atom is 0.293 e. The third kappa shape index (κ3) is 3.03. The van der Waals surface area contributed by atoms with E-state index >= 15 is 0 Å². The number of hydrogen-bond donors (Lipinski definition) is 1. The molecule has 1 atom stereocenters. The average Bonchev–Trinajstić information content (AvgIpc) is 3.31. The van der Waals surface area contributed by atoms with Crippen LogP contribution >= 0.6 is 0 Å². The van der Waals surface area contributed by atoms with Crippen LogP contribution in [0.4, 0.5) is 0 Å². The molecule has 0 bridgehead atoms. The minimum Gasteiger partial charge on any atom is -0.454 e. The van der Waals surface area contributed by atoms with Crippen LogP contribution in [0.15, 0.2) is 53.1 Å². The van der Waals surface area contributed by atoms with E-state index in [2.05, 4.69) is 15.5 Å². The van der Waals surface area contributed by atoms with Gasteiger partial charge in [0.2, 0.25) is 6.79 Å². The first-order chi connectivity index (χ1) is 12.2. The number of hydrogen-bond acceptors (Lipinski definition) is 6. The van der Waals surface area contributed by atoms with E-state index in [1.54, 1.807) is 18.2 Å². The van der Waals surface area contributed by atoms with E-state index in [9.17, 15) is 4.79 Å². The lowest BCUT2D eigenvalue weighted by Crippen LogP contribution is -2.27. The van der Waals surface area contributed by atoms with Crippen LogP contribution in [0.2, 0.25) is 0 Å². The van der Waals surface area contributed by atoms with Crippen molar-refractivity contribution in [2.75, 3.05) is 6.79 Å². The van der Waals surface area contributed by atoms with Gasteiger partial charge in [0.05, 0.1) is 6.04 Å². The van der Waals surface area contributed by atoms with E-state index in [0.29, 0.717) is 17.1 Å². The SMILES string of the molecule is CC(NC(=O)c1noc(-c2ccc3c(c2)OCO3)n1)c1ccccc1. The number of benzene rings is 2. The molecular weight excluding hydrogens is 322 g/mol. The highest BCUT2D eigenvalue weighted by Crippen LogP contribution is 2.35. The monoisotopic (exact) mass is 337 g/mol. The first-order valence-corrected chi connectivity index (χ1v) is 7.80. The molecule has 0 spiro atoms. The number of nitrogens with one attached hydrogen (secondary N) is 1. The minimum atomic E-state index is -0.396. The van der Waals surface area contributed by atoms with Gasteiger partial charge in [0, 0.05) is 5.56 Å². The fraction of sp³-hybridized carbons (Fsp3) is 0.167. The molecule has 4 rings (SSSR count). The Hall–Kier alpha value is -3.35. The highest BCUT2D eigenvalue weighted by molar-refractivity contribution is 5.90. The number of amides is 1. The highest BCUT2D eigenvalue weighted by Gasteiger charge is 2.20. The molecule has 1 aliphatic heterocycles. The van der Waals surface area contributed by atoms with Gasteiger partial charge in [-0.1, -0.05) is 35.5 Å². The zero-order valence-corrected chi connectivity index (χ0v) is 13.4. The Morgan fingerprint density at radius 1 is 1.12 bits per heavy atom. The molecule has 2 aromatic carbocycles. The molecule has 1 aliphatic rings. The van der Waals surface area contributed by atoms with E-state index in [-0.39, 0.29) is 24.5 Å². The third-order valence-electron chi connectivity index (χ3n) is 3.90. The number of ether oxygens (including phenoxy) is 2. The maximum absolute atomic E-state index is 12.3. The van der Waals surface area contributed by atoms with E-state index in [4.69, 9.17) is 14.0 Å². The van der Waals surface area contributed by atoms with Gasteiger partial charge in [0.25, 0.3) is 17.6 Å². The minimum absolute atomic E-state index is 0.0181. The van der Waals surface area contributed by atoms with Crippen molar-refractivity contribution in [3.8, 4) is 23.0 Å². The van der Waals surface area contributed by atoms with Crippen molar-refractivity contribution in [3.05, 3.63) is 59.9 Å². The molecule has 0 fully saturated rings. The summed E-state index contributed by atoms with van der Waals surface area (Å²) in [5.74, 6) is 1.11. The number of carbonyl (C=O) groups excluding carboxylic acids is 1. The highest BCUT2D eigenvalue weighted by atomic mass is 16.7. The van der Waals surface area contributed by atoms with Gasteiger partial charge in [0.1, 0.15) is 0 Å². The van der Waals surface area contributed by atoms with Crippen LogP contribution in [-0.4, -0.2) is 22.8 Å². The van der Waals surface area contributed by atoms with Crippen molar-refractivity contribution in [3.63, 3.8) is 0 Å². The van der Waals surface area contributed by atoms with E-state index in [1.165, 1.54) is 0 Å². The second-order valence-corrected chi connectivity index (χ2v) is 5.60. The zero-order valence-electron chi connectivity index (χ0n) is 13.4. The molecule has 1 amide bonds. The standard InChI is InChI=1S/C18H15N3O4/c1-11(12-5-3-2-4-6-12)19-17(22)16-20-18(25-21-16)13-7-8-14-15(9-13)24-10-23-14/h2-9,11H,10H2,1H3,(H,19,22). The number of fused-ring (bicyclic) bond motifs is 1. The molecule has 0 aliphatic carbocycles. The number of nitrogens with zero attached hydrogens (tertiary/aromatic N) is 2. The van der Waals surface area contributed by atoms with Crippen LogP contribution in [0.5, 0.6) is 11.5 Å². The summed E-state index contributed by atoms with van der Waals surface area (Å²) in [5.41, 5.74) is 1.65. The predicted octanol–water partition coefficient (Wildman–Crippen LogP) is 2.96. The summed E-state index contributed by atoms with van der Waals surface area (Å²) in [6.45, 7) is 2.08. The number of rotatable bonds is 4. The van der Waals surface area contributed by atoms with E-state index in [0.717, 1.165) is 5.56 Å². The molecule has 7 heteroatoms. The topological polar surface area (TPSA) is 86.5 Å². The summed E-state index contributed by atoms with van der Waals surface area (Å²) in [6.07, 6.45) is 0. The average molecular weight is 337 g/mol. The Morgan fingerprint density at radius 3 is 2.76 bits per heavy atom. The molecule has 0 saturated carbocycles. The summed E-state index contributed by atoms with van der Waals surface area (Å²) >= 11 is 0. The van der Waals surface area contributed by atoms with Gasteiger partial charge >= 0.3 is 0 Å². The fourth-order valence-corrected chi connectivity index (χ4v) is 2.55. The molecular formula is C18H15N3O4. The second kappa shape index (κ2) is 6.27. The summed E-state index contributed by atoms with van der Waals surface area (Å²) < 4.78 is 15.8. The van der Waals surface area contributed by atoms with Gasteiger partial charge in [-0.25, -0.2) is 0 Å². The molecule has 25 heavy (non-hydrogen) atoms. The normalized spacial score (nSPS) is 13.5. The summed E-state index contributed by atoms with van der Waals surface area (Å²) in [4.78, 5) is 16.5. The summed E-state index contributed by atoms with van der Waals surface area (Å²) in [6, 6.07) is 14.8. The van der Waals surface area contributed by atoms with Crippen molar-refractivity contribution >= 4 is 5.91 Å². The Labute approximate surface area is 143 Å². The largest absolute Gasteiger partial charge is 0.454 e. The van der Waals surface area contributed by atoms with Crippen LogP contribution < -0.4 is 14.8 Å². The molecule has 1 N–H and O–H groups in total. The molecule has 0 radical (unpaired) electrons. The van der Waals surface area contributed by atoms with Crippen LogP contribution in [0.3, 0.4) is 0 Å². The van der Waals surface area contributed by atoms with Crippen molar-refractivity contribution in [2.45, 2.75) is 13.0 Å².